The van der Waals surface area contributed by atoms with E-state index in [2.05, 4.69) is 10.3 Å². The summed E-state index contributed by atoms with van der Waals surface area (Å²) in [5.74, 6) is -0.867. The predicted molar refractivity (Wildman–Crippen MR) is 79.5 cm³/mol. The van der Waals surface area contributed by atoms with Crippen LogP contribution in [0.3, 0.4) is 0 Å². The predicted octanol–water partition coefficient (Wildman–Crippen LogP) is 3.37. The number of carbonyl (C=O) groups excluding carboxylic acids is 1. The SMILES string of the molecule is O=C(NCC(F)F)C1C[C@H]1c1ccc(-c2ccc(F)cc2)nc1. The molecule has 2 aromatic rings. The Labute approximate surface area is 131 Å². The molecule has 1 aliphatic carbocycles. The van der Waals surface area contributed by atoms with Gasteiger partial charge in [-0.15, -0.1) is 0 Å². The lowest BCUT2D eigenvalue weighted by molar-refractivity contribution is -0.123. The Morgan fingerprint density at radius 1 is 1.22 bits per heavy atom. The summed E-state index contributed by atoms with van der Waals surface area (Å²) in [5, 5.41) is 2.24. The van der Waals surface area contributed by atoms with Gasteiger partial charge in [-0.3, -0.25) is 9.78 Å². The Morgan fingerprint density at radius 3 is 2.57 bits per heavy atom. The molecule has 6 heteroatoms. The van der Waals surface area contributed by atoms with E-state index in [9.17, 15) is 18.0 Å². The van der Waals surface area contributed by atoms with E-state index >= 15 is 0 Å². The summed E-state index contributed by atoms with van der Waals surface area (Å²) < 4.78 is 37.1. The van der Waals surface area contributed by atoms with Crippen LogP contribution in [-0.2, 0) is 4.79 Å². The molecule has 3 nitrogen and oxygen atoms in total. The highest BCUT2D eigenvalue weighted by Gasteiger charge is 2.44. The number of benzene rings is 1. The number of aromatic nitrogens is 1. The lowest BCUT2D eigenvalue weighted by Crippen LogP contribution is -2.30. The number of halogens is 3. The van der Waals surface area contributed by atoms with Gasteiger partial charge in [-0.05, 0) is 48.2 Å². The van der Waals surface area contributed by atoms with Crippen molar-refractivity contribution in [3.05, 3.63) is 54.0 Å². The maximum absolute atomic E-state index is 12.9. The maximum atomic E-state index is 12.9. The molecule has 0 radical (unpaired) electrons. The van der Waals surface area contributed by atoms with Crippen molar-refractivity contribution in [2.24, 2.45) is 5.92 Å². The first kappa shape index (κ1) is 15.5. The summed E-state index contributed by atoms with van der Waals surface area (Å²) in [6, 6.07) is 9.72. The van der Waals surface area contributed by atoms with Crippen LogP contribution in [0.15, 0.2) is 42.6 Å². The summed E-state index contributed by atoms with van der Waals surface area (Å²) in [4.78, 5) is 16.0. The van der Waals surface area contributed by atoms with E-state index in [0.29, 0.717) is 12.1 Å². The van der Waals surface area contributed by atoms with Crippen LogP contribution in [0.1, 0.15) is 17.9 Å². The van der Waals surface area contributed by atoms with Crippen molar-refractivity contribution in [3.8, 4) is 11.3 Å². The minimum Gasteiger partial charge on any atom is -0.350 e. The minimum atomic E-state index is -2.53. The molecule has 1 fully saturated rings. The fourth-order valence-electron chi connectivity index (χ4n) is 2.58. The van der Waals surface area contributed by atoms with E-state index in [0.717, 1.165) is 11.1 Å². The molecule has 0 spiro atoms. The van der Waals surface area contributed by atoms with Gasteiger partial charge in [0, 0.05) is 17.7 Å². The average Bonchev–Trinajstić information content (AvgIpc) is 3.34. The van der Waals surface area contributed by atoms with Crippen molar-refractivity contribution >= 4 is 5.91 Å². The molecule has 3 rings (SSSR count). The Balaban J connectivity index is 1.63. The lowest BCUT2D eigenvalue weighted by Gasteiger charge is -2.05. The standard InChI is InChI=1S/C17H15F3N2O/c18-12-4-1-10(2-5-12)15-6-3-11(8-21-15)13-7-14(13)17(23)22-9-16(19)20/h1-6,8,13-14,16H,7,9H2,(H,22,23)/t13-,14?/m0/s1. The Hall–Kier alpha value is -2.37. The molecule has 0 bridgehead atoms. The van der Waals surface area contributed by atoms with Gasteiger partial charge in [-0.1, -0.05) is 6.07 Å². The van der Waals surface area contributed by atoms with Gasteiger partial charge in [0.25, 0.3) is 6.43 Å². The summed E-state index contributed by atoms with van der Waals surface area (Å²) in [7, 11) is 0. The van der Waals surface area contributed by atoms with Crippen molar-refractivity contribution < 1.29 is 18.0 Å². The Morgan fingerprint density at radius 2 is 1.96 bits per heavy atom. The minimum absolute atomic E-state index is 0.0300. The third-order valence-corrected chi connectivity index (χ3v) is 3.91. The molecule has 23 heavy (non-hydrogen) atoms. The van der Waals surface area contributed by atoms with Gasteiger partial charge in [0.05, 0.1) is 12.2 Å². The zero-order chi connectivity index (χ0) is 16.4. The smallest absolute Gasteiger partial charge is 0.255 e. The molecular weight excluding hydrogens is 305 g/mol. The van der Waals surface area contributed by atoms with Crippen LogP contribution in [0.2, 0.25) is 0 Å². The number of rotatable bonds is 5. The number of pyridine rings is 1. The first-order chi connectivity index (χ1) is 11.0. The summed E-state index contributed by atoms with van der Waals surface area (Å²) in [5.41, 5.74) is 2.43. The van der Waals surface area contributed by atoms with E-state index in [-0.39, 0.29) is 23.6 Å². The van der Waals surface area contributed by atoms with Crippen LogP contribution in [0.4, 0.5) is 13.2 Å². The highest BCUT2D eigenvalue weighted by atomic mass is 19.3. The molecule has 1 aromatic heterocycles. The summed E-state index contributed by atoms with van der Waals surface area (Å²) in [6.07, 6.45) is -0.205. The van der Waals surface area contributed by atoms with Crippen molar-refractivity contribution in [3.63, 3.8) is 0 Å². The molecule has 1 aliphatic rings. The van der Waals surface area contributed by atoms with E-state index < -0.39 is 13.0 Å². The van der Waals surface area contributed by atoms with Gasteiger partial charge in [-0.25, -0.2) is 13.2 Å². The second kappa shape index (κ2) is 6.40. The third kappa shape index (κ3) is 3.70. The number of alkyl halides is 2. The molecular formula is C17H15F3N2O. The first-order valence-corrected chi connectivity index (χ1v) is 7.32. The van der Waals surface area contributed by atoms with Gasteiger partial charge in [0.15, 0.2) is 0 Å². The second-order valence-corrected chi connectivity index (χ2v) is 5.57. The molecule has 1 aromatic carbocycles. The Kier molecular flexibility index (Phi) is 4.32. The number of amides is 1. The van der Waals surface area contributed by atoms with Crippen LogP contribution in [-0.4, -0.2) is 23.9 Å². The van der Waals surface area contributed by atoms with E-state index in [1.807, 2.05) is 12.1 Å². The monoisotopic (exact) mass is 320 g/mol. The molecule has 1 unspecified atom stereocenters. The fourth-order valence-corrected chi connectivity index (χ4v) is 2.58. The number of nitrogens with one attached hydrogen (secondary N) is 1. The highest BCUT2D eigenvalue weighted by Crippen LogP contribution is 2.47. The number of hydrogen-bond donors (Lipinski definition) is 1. The molecule has 2 atom stereocenters. The quantitative estimate of drug-likeness (QED) is 0.918. The average molecular weight is 320 g/mol. The van der Waals surface area contributed by atoms with Crippen LogP contribution in [0, 0.1) is 11.7 Å². The van der Waals surface area contributed by atoms with Crippen LogP contribution < -0.4 is 5.32 Å². The van der Waals surface area contributed by atoms with Crippen molar-refractivity contribution in [1.29, 1.82) is 0 Å². The summed E-state index contributed by atoms with van der Waals surface area (Å²) in [6.45, 7) is -0.607. The van der Waals surface area contributed by atoms with E-state index in [1.165, 1.54) is 12.1 Å². The van der Waals surface area contributed by atoms with Gasteiger partial charge in [0.1, 0.15) is 5.82 Å². The molecule has 0 aliphatic heterocycles. The zero-order valence-corrected chi connectivity index (χ0v) is 12.2. The fraction of sp³-hybridized carbons (Fsp3) is 0.294. The van der Waals surface area contributed by atoms with Crippen LogP contribution in [0.5, 0.6) is 0 Å². The van der Waals surface area contributed by atoms with E-state index in [4.69, 9.17) is 0 Å². The first-order valence-electron chi connectivity index (χ1n) is 7.32. The van der Waals surface area contributed by atoms with Gasteiger partial charge < -0.3 is 5.32 Å². The zero-order valence-electron chi connectivity index (χ0n) is 12.2. The third-order valence-electron chi connectivity index (χ3n) is 3.91. The van der Waals surface area contributed by atoms with Gasteiger partial charge in [-0.2, -0.15) is 0 Å². The summed E-state index contributed by atoms with van der Waals surface area (Å²) >= 11 is 0. The number of carbonyl (C=O) groups is 1. The highest BCUT2D eigenvalue weighted by molar-refractivity contribution is 5.82. The van der Waals surface area contributed by atoms with Crippen LogP contribution in [0.25, 0.3) is 11.3 Å². The largest absolute Gasteiger partial charge is 0.350 e. The number of hydrogen-bond acceptors (Lipinski definition) is 2. The number of nitrogens with zero attached hydrogens (tertiary/aromatic N) is 1. The van der Waals surface area contributed by atoms with Gasteiger partial charge >= 0.3 is 0 Å². The Bertz CT molecular complexity index is 686. The molecule has 0 saturated heterocycles. The van der Waals surface area contributed by atoms with E-state index in [1.54, 1.807) is 18.3 Å². The van der Waals surface area contributed by atoms with Crippen LogP contribution >= 0.6 is 0 Å². The molecule has 1 N–H and O–H groups in total. The van der Waals surface area contributed by atoms with Crippen molar-refractivity contribution in [1.82, 2.24) is 10.3 Å². The molecule has 120 valence electrons. The van der Waals surface area contributed by atoms with Crippen molar-refractivity contribution in [2.45, 2.75) is 18.8 Å². The molecule has 1 amide bonds. The lowest BCUT2D eigenvalue weighted by atomic mass is 10.1. The second-order valence-electron chi connectivity index (χ2n) is 5.57. The van der Waals surface area contributed by atoms with Crippen molar-refractivity contribution in [2.75, 3.05) is 6.54 Å². The maximum Gasteiger partial charge on any atom is 0.255 e. The molecule has 1 saturated carbocycles. The van der Waals surface area contributed by atoms with Gasteiger partial charge in [0.2, 0.25) is 5.91 Å². The normalized spacial score (nSPS) is 19.7. The molecule has 1 heterocycles. The topological polar surface area (TPSA) is 42.0 Å².